The summed E-state index contributed by atoms with van der Waals surface area (Å²) in [6.07, 6.45) is 0. The quantitative estimate of drug-likeness (QED) is 0.877. The van der Waals surface area contributed by atoms with Gasteiger partial charge >= 0.3 is 0 Å². The number of carbonyl (C=O) groups excluding carboxylic acids is 1. The molecule has 0 heterocycles. The lowest BCUT2D eigenvalue weighted by Gasteiger charge is -2.10. The number of anilines is 1. The molecule has 0 aliphatic heterocycles. The monoisotopic (exact) mass is 282 g/mol. The molecule has 0 aromatic heterocycles. The van der Waals surface area contributed by atoms with E-state index < -0.39 is 0 Å². The minimum absolute atomic E-state index is 0.0797. The fourth-order valence-electron chi connectivity index (χ4n) is 1.99. The van der Waals surface area contributed by atoms with Crippen LogP contribution in [-0.4, -0.2) is 11.9 Å². The highest BCUT2D eigenvalue weighted by Gasteiger charge is 2.06. The summed E-state index contributed by atoms with van der Waals surface area (Å²) in [5.41, 5.74) is 3.80. The molecule has 0 unspecified atom stereocenters. The molecule has 0 atom stereocenters. The van der Waals surface area contributed by atoms with E-state index >= 15 is 0 Å². The molecule has 0 saturated heterocycles. The Kier molecular flexibility index (Phi) is 5.12. The number of nitrogens with one attached hydrogen (secondary N) is 2. The first-order valence-corrected chi connectivity index (χ1v) is 7.25. The maximum Gasteiger partial charge on any atom is 0.255 e. The van der Waals surface area contributed by atoms with Crippen molar-refractivity contribution < 1.29 is 4.79 Å². The Morgan fingerprint density at radius 1 is 1.10 bits per heavy atom. The summed E-state index contributed by atoms with van der Waals surface area (Å²) < 4.78 is 0. The third kappa shape index (κ3) is 4.72. The fraction of sp³-hybridized carbons (Fsp3) is 0.278. The van der Waals surface area contributed by atoms with Crippen LogP contribution in [0.15, 0.2) is 48.5 Å². The Hall–Kier alpha value is -2.13. The summed E-state index contributed by atoms with van der Waals surface area (Å²) in [5.74, 6) is -0.0797. The number of hydrogen-bond donors (Lipinski definition) is 2. The highest BCUT2D eigenvalue weighted by molar-refractivity contribution is 6.04. The summed E-state index contributed by atoms with van der Waals surface area (Å²) >= 11 is 0. The summed E-state index contributed by atoms with van der Waals surface area (Å²) in [6.45, 7) is 7.03. The third-order valence-electron chi connectivity index (χ3n) is 3.21. The molecule has 2 aromatic carbocycles. The predicted octanol–water partition coefficient (Wildman–Crippen LogP) is 3.75. The first kappa shape index (κ1) is 15.3. The summed E-state index contributed by atoms with van der Waals surface area (Å²) in [4.78, 5) is 12.2. The molecule has 3 heteroatoms. The molecule has 110 valence electrons. The molecule has 0 fully saturated rings. The molecular formula is C18H22N2O. The zero-order chi connectivity index (χ0) is 15.2. The standard InChI is InChI=1S/C18H22N2O/c1-13(2)19-12-15-5-4-6-17(11-15)20-18(21)16-9-7-14(3)8-10-16/h4-11,13,19H,12H2,1-3H3,(H,20,21). The van der Waals surface area contributed by atoms with Gasteiger partial charge in [-0.05, 0) is 36.8 Å². The lowest BCUT2D eigenvalue weighted by atomic mass is 10.1. The average Bonchev–Trinajstić information content (AvgIpc) is 2.46. The van der Waals surface area contributed by atoms with Crippen LogP contribution in [0.25, 0.3) is 0 Å². The second kappa shape index (κ2) is 7.04. The highest BCUT2D eigenvalue weighted by atomic mass is 16.1. The van der Waals surface area contributed by atoms with Crippen molar-refractivity contribution in [1.29, 1.82) is 0 Å². The van der Waals surface area contributed by atoms with E-state index in [0.29, 0.717) is 11.6 Å². The van der Waals surface area contributed by atoms with E-state index in [9.17, 15) is 4.79 Å². The van der Waals surface area contributed by atoms with Gasteiger partial charge in [-0.15, -0.1) is 0 Å². The van der Waals surface area contributed by atoms with Crippen molar-refractivity contribution in [1.82, 2.24) is 5.32 Å². The van der Waals surface area contributed by atoms with Gasteiger partial charge in [0.05, 0.1) is 0 Å². The number of aryl methyl sites for hydroxylation is 1. The summed E-state index contributed by atoms with van der Waals surface area (Å²) in [7, 11) is 0. The second-order valence-corrected chi connectivity index (χ2v) is 5.56. The van der Waals surface area contributed by atoms with Gasteiger partial charge in [-0.2, -0.15) is 0 Å². The second-order valence-electron chi connectivity index (χ2n) is 5.56. The van der Waals surface area contributed by atoms with E-state index in [1.165, 1.54) is 0 Å². The lowest BCUT2D eigenvalue weighted by molar-refractivity contribution is 0.102. The first-order chi connectivity index (χ1) is 10.0. The number of amides is 1. The van der Waals surface area contributed by atoms with Gasteiger partial charge in [-0.25, -0.2) is 0 Å². The van der Waals surface area contributed by atoms with Crippen molar-refractivity contribution >= 4 is 11.6 Å². The van der Waals surface area contributed by atoms with E-state index in [4.69, 9.17) is 0 Å². The minimum Gasteiger partial charge on any atom is -0.322 e. The van der Waals surface area contributed by atoms with Gasteiger partial charge < -0.3 is 10.6 Å². The maximum atomic E-state index is 12.2. The molecule has 2 aromatic rings. The molecule has 0 bridgehead atoms. The first-order valence-electron chi connectivity index (χ1n) is 7.25. The van der Waals surface area contributed by atoms with Gasteiger partial charge in [-0.3, -0.25) is 4.79 Å². The Labute approximate surface area is 126 Å². The van der Waals surface area contributed by atoms with Crippen LogP contribution >= 0.6 is 0 Å². The molecule has 1 amide bonds. The van der Waals surface area contributed by atoms with Gasteiger partial charge in [0.25, 0.3) is 5.91 Å². The van der Waals surface area contributed by atoms with Crippen LogP contribution in [0.2, 0.25) is 0 Å². The average molecular weight is 282 g/mol. The van der Waals surface area contributed by atoms with Crippen LogP contribution in [0.4, 0.5) is 5.69 Å². The zero-order valence-electron chi connectivity index (χ0n) is 12.8. The van der Waals surface area contributed by atoms with Crippen molar-refractivity contribution in [2.24, 2.45) is 0 Å². The molecule has 0 spiro atoms. The van der Waals surface area contributed by atoms with Gasteiger partial charge in [0.2, 0.25) is 0 Å². The normalized spacial score (nSPS) is 10.7. The van der Waals surface area contributed by atoms with Crippen molar-refractivity contribution in [3.8, 4) is 0 Å². The van der Waals surface area contributed by atoms with Crippen LogP contribution in [0, 0.1) is 6.92 Å². The minimum atomic E-state index is -0.0797. The van der Waals surface area contributed by atoms with Crippen molar-refractivity contribution in [2.75, 3.05) is 5.32 Å². The topological polar surface area (TPSA) is 41.1 Å². The van der Waals surface area contributed by atoms with Crippen LogP contribution < -0.4 is 10.6 Å². The number of carbonyl (C=O) groups is 1. The molecule has 21 heavy (non-hydrogen) atoms. The Balaban J connectivity index is 2.03. The molecule has 2 N–H and O–H groups in total. The van der Waals surface area contributed by atoms with E-state index in [1.54, 1.807) is 0 Å². The highest BCUT2D eigenvalue weighted by Crippen LogP contribution is 2.13. The van der Waals surface area contributed by atoms with Gasteiger partial charge in [-0.1, -0.05) is 43.7 Å². The van der Waals surface area contributed by atoms with Crippen LogP contribution in [0.5, 0.6) is 0 Å². The molecule has 2 rings (SSSR count). The molecule has 0 saturated carbocycles. The van der Waals surface area contributed by atoms with E-state index in [1.807, 2.05) is 49.4 Å². The van der Waals surface area contributed by atoms with Crippen molar-refractivity contribution in [3.63, 3.8) is 0 Å². The molecule has 3 nitrogen and oxygen atoms in total. The van der Waals surface area contributed by atoms with Gasteiger partial charge in [0, 0.05) is 23.8 Å². The Morgan fingerprint density at radius 3 is 2.48 bits per heavy atom. The third-order valence-corrected chi connectivity index (χ3v) is 3.21. The SMILES string of the molecule is Cc1ccc(C(=O)Nc2cccc(CNC(C)C)c2)cc1. The summed E-state index contributed by atoms with van der Waals surface area (Å²) in [6, 6.07) is 15.9. The van der Waals surface area contributed by atoms with E-state index in [2.05, 4.69) is 30.5 Å². The molecule has 0 aliphatic carbocycles. The van der Waals surface area contributed by atoms with Crippen LogP contribution in [0.1, 0.15) is 35.3 Å². The molecule has 0 radical (unpaired) electrons. The van der Waals surface area contributed by atoms with Crippen LogP contribution in [0.3, 0.4) is 0 Å². The Morgan fingerprint density at radius 2 is 1.81 bits per heavy atom. The van der Waals surface area contributed by atoms with Gasteiger partial charge in [0.1, 0.15) is 0 Å². The molecule has 0 aliphatic rings. The van der Waals surface area contributed by atoms with E-state index in [0.717, 1.165) is 23.4 Å². The van der Waals surface area contributed by atoms with Crippen LogP contribution in [-0.2, 0) is 6.54 Å². The lowest BCUT2D eigenvalue weighted by Crippen LogP contribution is -2.21. The number of benzene rings is 2. The number of hydrogen-bond acceptors (Lipinski definition) is 2. The van der Waals surface area contributed by atoms with E-state index in [-0.39, 0.29) is 5.91 Å². The fourth-order valence-corrected chi connectivity index (χ4v) is 1.99. The maximum absolute atomic E-state index is 12.2. The molecular weight excluding hydrogens is 260 g/mol. The smallest absolute Gasteiger partial charge is 0.255 e. The zero-order valence-corrected chi connectivity index (χ0v) is 12.8. The predicted molar refractivity (Wildman–Crippen MR) is 87.5 cm³/mol. The number of rotatable bonds is 5. The van der Waals surface area contributed by atoms with Crippen molar-refractivity contribution in [3.05, 3.63) is 65.2 Å². The summed E-state index contributed by atoms with van der Waals surface area (Å²) in [5, 5.41) is 6.31. The Bertz CT molecular complexity index is 603. The van der Waals surface area contributed by atoms with Crippen molar-refractivity contribution in [2.45, 2.75) is 33.4 Å². The van der Waals surface area contributed by atoms with Gasteiger partial charge in [0.15, 0.2) is 0 Å². The largest absolute Gasteiger partial charge is 0.322 e.